The molecule has 1 atom stereocenters. The molecule has 2 aromatic heterocycles. The first-order chi connectivity index (χ1) is 17.1. The molecule has 1 amide bonds. The number of hydrogen-bond acceptors (Lipinski definition) is 4. The number of aromatic amines is 1. The first-order valence-corrected chi connectivity index (χ1v) is 11.2. The van der Waals surface area contributed by atoms with Gasteiger partial charge >= 0.3 is 6.09 Å². The molecule has 0 radical (unpaired) electrons. The van der Waals surface area contributed by atoms with Crippen LogP contribution in [0.1, 0.15) is 23.5 Å². The van der Waals surface area contributed by atoms with E-state index >= 15 is 0 Å². The van der Waals surface area contributed by atoms with Gasteiger partial charge in [-0.3, -0.25) is 4.90 Å². The Morgan fingerprint density at radius 2 is 1.94 bits per heavy atom. The Morgan fingerprint density at radius 3 is 2.64 bits per heavy atom. The molecule has 11 heteroatoms. The van der Waals surface area contributed by atoms with Gasteiger partial charge in [0, 0.05) is 18.3 Å². The van der Waals surface area contributed by atoms with Crippen molar-refractivity contribution < 1.29 is 28.5 Å². The second-order valence-corrected chi connectivity index (χ2v) is 8.95. The van der Waals surface area contributed by atoms with E-state index in [-0.39, 0.29) is 34.9 Å². The molecule has 8 nitrogen and oxygen atoms in total. The highest BCUT2D eigenvalue weighted by molar-refractivity contribution is 6.31. The van der Waals surface area contributed by atoms with Crippen LogP contribution in [0.5, 0.6) is 0 Å². The number of aliphatic hydroxyl groups is 1. The van der Waals surface area contributed by atoms with Crippen molar-refractivity contribution in [2.75, 3.05) is 11.9 Å². The molecular formula is C25H19ClF2N4O4. The topological polar surface area (TPSA) is 116 Å². The monoisotopic (exact) mass is 512 g/mol. The lowest BCUT2D eigenvalue weighted by Crippen LogP contribution is -2.42. The minimum Gasteiger partial charge on any atom is -0.618 e. The van der Waals surface area contributed by atoms with Crippen molar-refractivity contribution in [1.82, 2.24) is 9.97 Å². The molecule has 0 saturated heterocycles. The normalized spacial score (nSPS) is 16.7. The number of rotatable bonds is 4. The van der Waals surface area contributed by atoms with E-state index in [1.54, 1.807) is 24.3 Å². The second kappa shape index (κ2) is 8.58. The number of fused-ring (bicyclic) bond motifs is 1. The first kappa shape index (κ1) is 23.7. The number of halogens is 3. The van der Waals surface area contributed by atoms with E-state index in [2.05, 4.69) is 9.97 Å². The number of nitrogens with zero attached hydrogens (tertiary/aromatic N) is 3. The number of nitrogens with one attached hydrogen (secondary N) is 1. The molecular weight excluding hydrogens is 494 g/mol. The SMILES string of the molecule is CN(C(=O)O)c1ccc(-c2cnc(C3(O)CCc4cc(-c5c(F)ccc(Cl)c5F)c[n+]([O-])c43)[nH]2)cc1. The van der Waals surface area contributed by atoms with Crippen molar-refractivity contribution in [2.24, 2.45) is 0 Å². The summed E-state index contributed by atoms with van der Waals surface area (Å²) in [4.78, 5) is 19.5. The first-order valence-electron chi connectivity index (χ1n) is 10.9. The predicted molar refractivity (Wildman–Crippen MR) is 128 cm³/mol. The number of imidazole rings is 1. The molecule has 36 heavy (non-hydrogen) atoms. The highest BCUT2D eigenvalue weighted by Gasteiger charge is 2.48. The summed E-state index contributed by atoms with van der Waals surface area (Å²) < 4.78 is 29.3. The van der Waals surface area contributed by atoms with Gasteiger partial charge in [0.05, 0.1) is 28.0 Å². The summed E-state index contributed by atoms with van der Waals surface area (Å²) in [5, 5.41) is 33.4. The smallest absolute Gasteiger partial charge is 0.411 e. The van der Waals surface area contributed by atoms with Crippen LogP contribution in [0.3, 0.4) is 0 Å². The Bertz CT molecular complexity index is 1510. The lowest BCUT2D eigenvalue weighted by Gasteiger charge is -2.20. The molecule has 5 rings (SSSR count). The molecule has 1 aliphatic rings. The molecule has 3 N–H and O–H groups in total. The third-order valence-corrected chi connectivity index (χ3v) is 6.70. The zero-order valence-corrected chi connectivity index (χ0v) is 19.6. The van der Waals surface area contributed by atoms with Crippen molar-refractivity contribution in [3.8, 4) is 22.4 Å². The van der Waals surface area contributed by atoms with Gasteiger partial charge in [-0.2, -0.15) is 4.73 Å². The average Bonchev–Trinajstić information content (AvgIpc) is 3.48. The number of benzene rings is 2. The van der Waals surface area contributed by atoms with Gasteiger partial charge in [-0.1, -0.05) is 23.7 Å². The van der Waals surface area contributed by atoms with Gasteiger partial charge in [0.25, 0.3) is 0 Å². The quantitative estimate of drug-likeness (QED) is 0.210. The molecule has 184 valence electrons. The Hall–Kier alpha value is -4.02. The number of H-pyrrole nitrogens is 1. The fourth-order valence-corrected chi connectivity index (χ4v) is 4.67. The standard InChI is InChI=1S/C25H19ClF2N4O4/c1-31(24(33)34)16-4-2-13(3-5-16)19-11-29-23(30-19)25(35)9-8-14-10-15(12-32(36)22(14)25)20-18(27)7-6-17(26)21(20)28/h2-7,10-12,35H,8-9H2,1H3,(H,29,30)(H,33,34). The fourth-order valence-electron chi connectivity index (χ4n) is 4.51. The number of aromatic nitrogens is 3. The average molecular weight is 513 g/mol. The number of aryl methyl sites for hydroxylation is 1. The largest absolute Gasteiger partial charge is 0.618 e. The van der Waals surface area contributed by atoms with Gasteiger partial charge in [-0.25, -0.2) is 18.6 Å². The molecule has 2 aromatic carbocycles. The number of carboxylic acid groups (broad SMARTS) is 1. The zero-order chi connectivity index (χ0) is 25.8. The summed E-state index contributed by atoms with van der Waals surface area (Å²) >= 11 is 5.80. The van der Waals surface area contributed by atoms with E-state index in [0.717, 1.165) is 23.2 Å². The van der Waals surface area contributed by atoms with Crippen LogP contribution in [0, 0.1) is 16.8 Å². The van der Waals surface area contributed by atoms with Crippen LogP contribution < -0.4 is 9.63 Å². The minimum atomic E-state index is -1.75. The van der Waals surface area contributed by atoms with E-state index in [4.69, 9.17) is 16.7 Å². The van der Waals surface area contributed by atoms with Crippen molar-refractivity contribution in [2.45, 2.75) is 18.4 Å². The van der Waals surface area contributed by atoms with Gasteiger partial charge in [0.1, 0.15) is 11.6 Å². The van der Waals surface area contributed by atoms with Gasteiger partial charge < -0.3 is 20.4 Å². The van der Waals surface area contributed by atoms with E-state index in [0.29, 0.717) is 27.2 Å². The Labute approximate surface area is 208 Å². The van der Waals surface area contributed by atoms with Crippen LogP contribution in [0.25, 0.3) is 22.4 Å². The summed E-state index contributed by atoms with van der Waals surface area (Å²) in [7, 11) is 1.43. The minimum absolute atomic E-state index is 0.0112. The van der Waals surface area contributed by atoms with Crippen molar-refractivity contribution in [3.63, 3.8) is 0 Å². The molecule has 0 saturated carbocycles. The number of pyridine rings is 1. The molecule has 4 aromatic rings. The van der Waals surface area contributed by atoms with Gasteiger partial charge in [0.15, 0.2) is 12.0 Å². The fraction of sp³-hybridized carbons (Fsp3) is 0.160. The van der Waals surface area contributed by atoms with Crippen LogP contribution in [-0.4, -0.2) is 33.3 Å². The molecule has 1 unspecified atom stereocenters. The molecule has 0 fully saturated rings. The van der Waals surface area contributed by atoms with Crippen LogP contribution >= 0.6 is 11.6 Å². The summed E-state index contributed by atoms with van der Waals surface area (Å²) in [6.45, 7) is 0. The maximum atomic E-state index is 14.5. The van der Waals surface area contributed by atoms with Crippen LogP contribution in [0.4, 0.5) is 19.3 Å². The lowest BCUT2D eigenvalue weighted by atomic mass is 9.98. The summed E-state index contributed by atoms with van der Waals surface area (Å²) in [6, 6.07) is 10.3. The van der Waals surface area contributed by atoms with Gasteiger partial charge in [-0.05, 0) is 48.7 Å². The Kier molecular flexibility index (Phi) is 5.65. The third kappa shape index (κ3) is 3.75. The highest BCUT2D eigenvalue weighted by Crippen LogP contribution is 2.41. The third-order valence-electron chi connectivity index (χ3n) is 6.41. The van der Waals surface area contributed by atoms with E-state index < -0.39 is 28.9 Å². The predicted octanol–water partition coefficient (Wildman–Crippen LogP) is 4.61. The van der Waals surface area contributed by atoms with Crippen molar-refractivity contribution >= 4 is 23.4 Å². The number of carbonyl (C=O) groups is 1. The Morgan fingerprint density at radius 1 is 1.22 bits per heavy atom. The van der Waals surface area contributed by atoms with Gasteiger partial charge in [-0.15, -0.1) is 0 Å². The summed E-state index contributed by atoms with van der Waals surface area (Å²) in [6.07, 6.45) is 1.82. The second-order valence-electron chi connectivity index (χ2n) is 8.54. The Balaban J connectivity index is 1.50. The molecule has 0 spiro atoms. The van der Waals surface area contributed by atoms with Crippen molar-refractivity contribution in [3.05, 3.63) is 93.8 Å². The van der Waals surface area contributed by atoms with Crippen molar-refractivity contribution in [1.29, 1.82) is 0 Å². The number of amides is 1. The van der Waals surface area contributed by atoms with Crippen LogP contribution in [-0.2, 0) is 12.0 Å². The number of hydrogen-bond donors (Lipinski definition) is 3. The maximum Gasteiger partial charge on any atom is 0.411 e. The van der Waals surface area contributed by atoms with Gasteiger partial charge in [0.2, 0.25) is 11.3 Å². The van der Waals surface area contributed by atoms with E-state index in [9.17, 15) is 23.9 Å². The summed E-state index contributed by atoms with van der Waals surface area (Å²) in [5.74, 6) is -1.69. The van der Waals surface area contributed by atoms with Crippen LogP contribution in [0.15, 0.2) is 54.9 Å². The molecule has 0 aliphatic heterocycles. The highest BCUT2D eigenvalue weighted by atomic mass is 35.5. The molecule has 2 heterocycles. The van der Waals surface area contributed by atoms with E-state index in [1.165, 1.54) is 19.3 Å². The van der Waals surface area contributed by atoms with Crippen LogP contribution in [0.2, 0.25) is 5.02 Å². The lowest BCUT2D eigenvalue weighted by molar-refractivity contribution is -0.620. The van der Waals surface area contributed by atoms with E-state index in [1.807, 2.05) is 0 Å². The maximum absolute atomic E-state index is 14.5. The molecule has 1 aliphatic carbocycles. The zero-order valence-electron chi connectivity index (χ0n) is 18.8. The number of anilines is 1. The molecule has 0 bridgehead atoms. The summed E-state index contributed by atoms with van der Waals surface area (Å²) in [5.41, 5.74) is 0.0212.